The standard InChI is InChI=1S/C15H20ClNO2S/c16-11-13-6-2-4-8-15(13)20(18,19)17-10-9-12-5-1-3-7-14(12)17/h2,4,6,8,12,14H,1,3,5,7,9-11H2. The summed E-state index contributed by atoms with van der Waals surface area (Å²) in [6.45, 7) is 0.661. The molecule has 0 radical (unpaired) electrons. The molecule has 0 spiro atoms. The third-order valence-corrected chi connectivity index (χ3v) is 6.98. The molecule has 0 amide bonds. The lowest BCUT2D eigenvalue weighted by molar-refractivity contribution is 0.260. The van der Waals surface area contributed by atoms with Crippen LogP contribution in [0.25, 0.3) is 0 Å². The fourth-order valence-electron chi connectivity index (χ4n) is 3.65. The number of hydrogen-bond donors (Lipinski definition) is 0. The third kappa shape index (κ3) is 2.38. The topological polar surface area (TPSA) is 37.4 Å². The largest absolute Gasteiger partial charge is 0.243 e. The Morgan fingerprint density at radius 3 is 2.70 bits per heavy atom. The fraction of sp³-hybridized carbons (Fsp3) is 0.600. The van der Waals surface area contributed by atoms with E-state index in [2.05, 4.69) is 0 Å². The lowest BCUT2D eigenvalue weighted by Crippen LogP contribution is -2.39. The first-order valence-electron chi connectivity index (χ1n) is 7.30. The Labute approximate surface area is 126 Å². The van der Waals surface area contributed by atoms with Crippen molar-refractivity contribution in [2.45, 2.75) is 48.9 Å². The number of benzene rings is 1. The van der Waals surface area contributed by atoms with Crippen molar-refractivity contribution in [1.82, 2.24) is 4.31 Å². The van der Waals surface area contributed by atoms with Gasteiger partial charge in [-0.05, 0) is 36.8 Å². The van der Waals surface area contributed by atoms with Crippen LogP contribution in [-0.2, 0) is 15.9 Å². The van der Waals surface area contributed by atoms with Crippen LogP contribution in [0.15, 0.2) is 29.2 Å². The molecule has 2 unspecified atom stereocenters. The van der Waals surface area contributed by atoms with Gasteiger partial charge in [-0.25, -0.2) is 8.42 Å². The lowest BCUT2D eigenvalue weighted by Gasteiger charge is -2.31. The third-order valence-electron chi connectivity index (χ3n) is 4.66. The number of hydrogen-bond acceptors (Lipinski definition) is 2. The molecule has 2 aliphatic rings. The highest BCUT2D eigenvalue weighted by molar-refractivity contribution is 7.89. The Bertz CT molecular complexity index is 587. The zero-order chi connectivity index (χ0) is 14.2. The van der Waals surface area contributed by atoms with Gasteiger partial charge in [-0.1, -0.05) is 31.0 Å². The van der Waals surface area contributed by atoms with Crippen LogP contribution in [-0.4, -0.2) is 25.3 Å². The number of rotatable bonds is 3. The maximum atomic E-state index is 12.9. The second kappa shape index (κ2) is 5.66. The second-order valence-corrected chi connectivity index (χ2v) is 7.88. The van der Waals surface area contributed by atoms with E-state index in [1.807, 2.05) is 6.07 Å². The first-order valence-corrected chi connectivity index (χ1v) is 9.28. The zero-order valence-electron chi connectivity index (χ0n) is 11.5. The Hall–Kier alpha value is -0.580. The van der Waals surface area contributed by atoms with E-state index in [1.165, 1.54) is 12.8 Å². The predicted octanol–water partition coefficient (Wildman–Crippen LogP) is 3.38. The number of alkyl halides is 1. The summed E-state index contributed by atoms with van der Waals surface area (Å²) in [4.78, 5) is 0.390. The van der Waals surface area contributed by atoms with E-state index in [9.17, 15) is 8.42 Å². The predicted molar refractivity (Wildman–Crippen MR) is 80.3 cm³/mol. The Morgan fingerprint density at radius 2 is 1.90 bits per heavy atom. The molecule has 3 rings (SSSR count). The van der Waals surface area contributed by atoms with Crippen molar-refractivity contribution in [3.05, 3.63) is 29.8 Å². The summed E-state index contributed by atoms with van der Waals surface area (Å²) >= 11 is 5.90. The molecule has 1 aliphatic carbocycles. The lowest BCUT2D eigenvalue weighted by atomic mass is 9.86. The van der Waals surface area contributed by atoms with Crippen LogP contribution in [0, 0.1) is 5.92 Å². The van der Waals surface area contributed by atoms with E-state index in [-0.39, 0.29) is 11.9 Å². The molecule has 0 aromatic heterocycles. The number of nitrogens with zero attached hydrogens (tertiary/aromatic N) is 1. The number of halogens is 1. The van der Waals surface area contributed by atoms with Gasteiger partial charge in [-0.15, -0.1) is 11.6 Å². The van der Waals surface area contributed by atoms with Crippen LogP contribution in [0.3, 0.4) is 0 Å². The van der Waals surface area contributed by atoms with Gasteiger partial charge in [-0.2, -0.15) is 4.31 Å². The molecule has 1 saturated heterocycles. The molecule has 110 valence electrons. The molecule has 1 aliphatic heterocycles. The number of fused-ring (bicyclic) bond motifs is 1. The molecule has 2 atom stereocenters. The summed E-state index contributed by atoms with van der Waals surface area (Å²) in [5.74, 6) is 0.791. The van der Waals surface area contributed by atoms with Gasteiger partial charge < -0.3 is 0 Å². The minimum atomic E-state index is -3.40. The smallest absolute Gasteiger partial charge is 0.207 e. The molecule has 20 heavy (non-hydrogen) atoms. The molecule has 1 aromatic rings. The summed E-state index contributed by atoms with van der Waals surface area (Å²) < 4.78 is 27.6. The molecule has 3 nitrogen and oxygen atoms in total. The Kier molecular flexibility index (Phi) is 4.07. The molecule has 2 fully saturated rings. The molecule has 1 saturated carbocycles. The van der Waals surface area contributed by atoms with Crippen LogP contribution >= 0.6 is 11.6 Å². The highest BCUT2D eigenvalue weighted by atomic mass is 35.5. The fourth-order valence-corrected chi connectivity index (χ4v) is 5.92. The first kappa shape index (κ1) is 14.4. The minimum absolute atomic E-state index is 0.206. The zero-order valence-corrected chi connectivity index (χ0v) is 13.0. The van der Waals surface area contributed by atoms with E-state index in [4.69, 9.17) is 11.6 Å². The summed E-state index contributed by atoms with van der Waals surface area (Å²) in [7, 11) is -3.40. The van der Waals surface area contributed by atoms with Crippen molar-refractivity contribution in [2.24, 2.45) is 5.92 Å². The van der Waals surface area contributed by atoms with E-state index >= 15 is 0 Å². The highest BCUT2D eigenvalue weighted by Gasteiger charge is 2.42. The van der Waals surface area contributed by atoms with Gasteiger partial charge in [0.15, 0.2) is 0 Å². The van der Waals surface area contributed by atoms with Gasteiger partial charge in [0.25, 0.3) is 0 Å². The normalized spacial score (nSPS) is 27.4. The molecule has 0 bridgehead atoms. The Morgan fingerprint density at radius 1 is 1.15 bits per heavy atom. The van der Waals surface area contributed by atoms with Crippen LogP contribution < -0.4 is 0 Å². The van der Waals surface area contributed by atoms with Crippen LogP contribution in [0.1, 0.15) is 37.7 Å². The van der Waals surface area contributed by atoms with Crippen LogP contribution in [0.2, 0.25) is 0 Å². The second-order valence-electron chi connectivity index (χ2n) is 5.76. The summed E-state index contributed by atoms with van der Waals surface area (Å²) in [5, 5.41) is 0. The SMILES string of the molecule is O=S(=O)(c1ccccc1CCl)N1CCC2CCCCC21. The van der Waals surface area contributed by atoms with Crippen molar-refractivity contribution >= 4 is 21.6 Å². The summed E-state index contributed by atoms with van der Waals surface area (Å²) in [6, 6.07) is 7.30. The average molecular weight is 314 g/mol. The van der Waals surface area contributed by atoms with Gasteiger partial charge in [-0.3, -0.25) is 0 Å². The molecular formula is C15H20ClNO2S. The quantitative estimate of drug-likeness (QED) is 0.802. The minimum Gasteiger partial charge on any atom is -0.207 e. The van der Waals surface area contributed by atoms with Crippen LogP contribution in [0.4, 0.5) is 0 Å². The maximum absolute atomic E-state index is 12.9. The summed E-state index contributed by atoms with van der Waals surface area (Å²) in [6.07, 6.45) is 5.57. The van der Waals surface area contributed by atoms with E-state index < -0.39 is 10.0 Å². The molecule has 5 heteroatoms. The van der Waals surface area contributed by atoms with Crippen molar-refractivity contribution < 1.29 is 8.42 Å². The van der Waals surface area contributed by atoms with Crippen molar-refractivity contribution in [3.63, 3.8) is 0 Å². The van der Waals surface area contributed by atoms with Gasteiger partial charge in [0, 0.05) is 18.5 Å². The molecule has 1 aromatic carbocycles. The van der Waals surface area contributed by atoms with Gasteiger partial charge in [0.2, 0.25) is 10.0 Å². The van der Waals surface area contributed by atoms with E-state index in [0.717, 1.165) is 19.3 Å². The van der Waals surface area contributed by atoms with Gasteiger partial charge >= 0.3 is 0 Å². The molecule has 1 heterocycles. The molecule has 0 N–H and O–H groups in total. The van der Waals surface area contributed by atoms with Gasteiger partial charge in [0.1, 0.15) is 0 Å². The molecular weight excluding hydrogens is 294 g/mol. The Balaban J connectivity index is 1.96. The van der Waals surface area contributed by atoms with Crippen molar-refractivity contribution in [3.8, 4) is 0 Å². The van der Waals surface area contributed by atoms with Crippen LogP contribution in [0.5, 0.6) is 0 Å². The van der Waals surface area contributed by atoms with E-state index in [1.54, 1.807) is 22.5 Å². The van der Waals surface area contributed by atoms with Gasteiger partial charge in [0.05, 0.1) is 4.90 Å². The van der Waals surface area contributed by atoms with Crippen molar-refractivity contribution in [2.75, 3.05) is 6.54 Å². The summed E-state index contributed by atoms with van der Waals surface area (Å²) in [5.41, 5.74) is 0.702. The first-order chi connectivity index (χ1) is 9.64. The monoisotopic (exact) mass is 313 g/mol. The average Bonchev–Trinajstić information content (AvgIpc) is 2.92. The maximum Gasteiger partial charge on any atom is 0.243 e. The number of sulfonamides is 1. The highest BCUT2D eigenvalue weighted by Crippen LogP contribution is 2.39. The van der Waals surface area contributed by atoms with E-state index in [0.29, 0.717) is 22.9 Å². The van der Waals surface area contributed by atoms with Crippen molar-refractivity contribution in [1.29, 1.82) is 0 Å².